The van der Waals surface area contributed by atoms with E-state index in [9.17, 15) is 9.59 Å². The van der Waals surface area contributed by atoms with E-state index in [-0.39, 0.29) is 5.75 Å². The van der Waals surface area contributed by atoms with Gasteiger partial charge in [-0.1, -0.05) is 0 Å². The van der Waals surface area contributed by atoms with Crippen LogP contribution >= 0.6 is 0 Å². The minimum absolute atomic E-state index is 0.220. The highest BCUT2D eigenvalue weighted by Gasteiger charge is 2.26. The molecule has 0 fully saturated rings. The second-order valence-electron chi connectivity index (χ2n) is 5.99. The van der Waals surface area contributed by atoms with E-state index in [2.05, 4.69) is 5.32 Å². The van der Waals surface area contributed by atoms with Crippen LogP contribution in [0, 0.1) is 0 Å². The highest BCUT2D eigenvalue weighted by atomic mass is 16.6. The summed E-state index contributed by atoms with van der Waals surface area (Å²) in [5.74, 6) is 1.43. The van der Waals surface area contributed by atoms with Gasteiger partial charge in [-0.3, -0.25) is 4.79 Å². The molecular weight excluding hydrogens is 352 g/mol. The number of benzene rings is 1. The van der Waals surface area contributed by atoms with Crippen molar-refractivity contribution in [1.29, 1.82) is 0 Å². The predicted molar refractivity (Wildman–Crippen MR) is 98.0 cm³/mol. The van der Waals surface area contributed by atoms with Crippen molar-refractivity contribution in [2.24, 2.45) is 0 Å². The van der Waals surface area contributed by atoms with Crippen molar-refractivity contribution in [2.45, 2.75) is 13.0 Å². The lowest BCUT2D eigenvalue weighted by atomic mass is 9.95. The lowest BCUT2D eigenvalue weighted by Crippen LogP contribution is -2.29. The highest BCUT2D eigenvalue weighted by Crippen LogP contribution is 2.42. The van der Waals surface area contributed by atoms with Gasteiger partial charge in [0.25, 0.3) is 0 Å². The summed E-state index contributed by atoms with van der Waals surface area (Å²) < 4.78 is 22.9. The second kappa shape index (κ2) is 8.13. The van der Waals surface area contributed by atoms with Crippen LogP contribution in [0.15, 0.2) is 18.3 Å². The SMILES string of the molecule is COCCNC(=O)Oc1cn2c(c1C=O)-c1cc(OC)c(OC)cc1CC2. The molecule has 1 N–H and O–H groups in total. The molecule has 0 bridgehead atoms. The first kappa shape index (κ1) is 18.8. The first-order valence-electron chi connectivity index (χ1n) is 8.51. The normalized spacial score (nSPS) is 12.0. The summed E-state index contributed by atoms with van der Waals surface area (Å²) in [4.78, 5) is 23.7. The summed E-state index contributed by atoms with van der Waals surface area (Å²) in [5, 5.41) is 2.57. The maximum atomic E-state index is 11.9. The molecule has 0 atom stereocenters. The van der Waals surface area contributed by atoms with Gasteiger partial charge in [0.05, 0.1) is 32.1 Å². The molecule has 1 aromatic carbocycles. The van der Waals surface area contributed by atoms with E-state index in [0.717, 1.165) is 17.5 Å². The van der Waals surface area contributed by atoms with Gasteiger partial charge < -0.3 is 28.8 Å². The standard InChI is InChI=1S/C19H22N2O6/c1-24-7-5-20-19(23)27-17-10-21-6-4-12-8-15(25-2)16(26-3)9-13(12)18(21)14(17)11-22/h8-11H,4-7H2,1-3H3,(H,20,23). The van der Waals surface area contributed by atoms with Crippen LogP contribution in [-0.4, -0.2) is 51.4 Å². The molecule has 0 saturated heterocycles. The maximum absolute atomic E-state index is 11.9. The molecule has 1 aliphatic rings. The van der Waals surface area contributed by atoms with Crippen LogP contribution < -0.4 is 19.5 Å². The number of amides is 1. The summed E-state index contributed by atoms with van der Waals surface area (Å²) >= 11 is 0. The molecule has 144 valence electrons. The number of carbonyl (C=O) groups excluding carboxylic acids is 2. The smallest absolute Gasteiger partial charge is 0.412 e. The number of ether oxygens (including phenoxy) is 4. The van der Waals surface area contributed by atoms with Crippen LogP contribution in [0.25, 0.3) is 11.3 Å². The first-order valence-corrected chi connectivity index (χ1v) is 8.51. The van der Waals surface area contributed by atoms with Crippen molar-refractivity contribution in [3.8, 4) is 28.5 Å². The Labute approximate surface area is 157 Å². The topological polar surface area (TPSA) is 88.0 Å². The summed E-state index contributed by atoms with van der Waals surface area (Å²) in [6, 6.07) is 3.76. The Morgan fingerprint density at radius 1 is 1.19 bits per heavy atom. The van der Waals surface area contributed by atoms with Gasteiger partial charge in [0.15, 0.2) is 23.5 Å². The van der Waals surface area contributed by atoms with E-state index in [1.807, 2.05) is 16.7 Å². The van der Waals surface area contributed by atoms with Crippen molar-refractivity contribution in [3.63, 3.8) is 0 Å². The Bertz CT molecular complexity index is 858. The van der Waals surface area contributed by atoms with Crippen LogP contribution in [0.4, 0.5) is 4.79 Å². The number of aryl methyl sites for hydroxylation is 2. The number of nitrogens with zero attached hydrogens (tertiary/aromatic N) is 1. The third-order valence-electron chi connectivity index (χ3n) is 4.46. The van der Waals surface area contributed by atoms with Gasteiger partial charge in [-0.2, -0.15) is 0 Å². The lowest BCUT2D eigenvalue weighted by Gasteiger charge is -2.21. The molecule has 8 nitrogen and oxygen atoms in total. The summed E-state index contributed by atoms with van der Waals surface area (Å²) in [7, 11) is 4.69. The Hall–Kier alpha value is -3.00. The molecule has 0 aliphatic carbocycles. The van der Waals surface area contributed by atoms with Crippen molar-refractivity contribution in [3.05, 3.63) is 29.5 Å². The number of carbonyl (C=O) groups is 2. The minimum Gasteiger partial charge on any atom is -0.493 e. The zero-order valence-corrected chi connectivity index (χ0v) is 15.5. The van der Waals surface area contributed by atoms with E-state index in [0.29, 0.717) is 48.7 Å². The third kappa shape index (κ3) is 3.61. The monoisotopic (exact) mass is 374 g/mol. The molecule has 2 aromatic rings. The molecule has 1 aromatic heterocycles. The fourth-order valence-electron chi connectivity index (χ4n) is 3.20. The maximum Gasteiger partial charge on any atom is 0.412 e. The van der Waals surface area contributed by atoms with Crippen molar-refractivity contribution < 1.29 is 28.5 Å². The van der Waals surface area contributed by atoms with E-state index in [4.69, 9.17) is 18.9 Å². The minimum atomic E-state index is -0.634. The molecular formula is C19H22N2O6. The Kier molecular flexibility index (Phi) is 5.66. The van der Waals surface area contributed by atoms with Gasteiger partial charge in [0.1, 0.15) is 0 Å². The Morgan fingerprint density at radius 2 is 1.93 bits per heavy atom. The van der Waals surface area contributed by atoms with Crippen LogP contribution in [0.1, 0.15) is 15.9 Å². The van der Waals surface area contributed by atoms with E-state index in [1.165, 1.54) is 0 Å². The van der Waals surface area contributed by atoms with Crippen LogP contribution in [-0.2, 0) is 17.7 Å². The largest absolute Gasteiger partial charge is 0.493 e. The van der Waals surface area contributed by atoms with Crippen molar-refractivity contribution >= 4 is 12.4 Å². The average molecular weight is 374 g/mol. The molecule has 8 heteroatoms. The lowest BCUT2D eigenvalue weighted by molar-refractivity contribution is 0.112. The second-order valence-corrected chi connectivity index (χ2v) is 5.99. The van der Waals surface area contributed by atoms with Crippen LogP contribution in [0.5, 0.6) is 17.2 Å². The molecule has 2 heterocycles. The van der Waals surface area contributed by atoms with Crippen LogP contribution in [0.3, 0.4) is 0 Å². The molecule has 0 radical (unpaired) electrons. The average Bonchev–Trinajstić information content (AvgIpc) is 3.04. The number of hydrogen-bond donors (Lipinski definition) is 1. The zero-order valence-electron chi connectivity index (χ0n) is 15.5. The number of rotatable bonds is 7. The third-order valence-corrected chi connectivity index (χ3v) is 4.46. The van der Waals surface area contributed by atoms with Crippen molar-refractivity contribution in [1.82, 2.24) is 9.88 Å². The molecule has 1 aliphatic heterocycles. The quantitative estimate of drug-likeness (QED) is 0.591. The molecule has 27 heavy (non-hydrogen) atoms. The van der Waals surface area contributed by atoms with E-state index < -0.39 is 6.09 Å². The van der Waals surface area contributed by atoms with E-state index in [1.54, 1.807) is 27.5 Å². The Balaban J connectivity index is 1.97. The van der Waals surface area contributed by atoms with Gasteiger partial charge in [-0.25, -0.2) is 4.79 Å². The summed E-state index contributed by atoms with van der Waals surface area (Å²) in [6.07, 6.45) is 2.50. The molecule has 0 spiro atoms. The van der Waals surface area contributed by atoms with Crippen LogP contribution in [0.2, 0.25) is 0 Å². The highest BCUT2D eigenvalue weighted by molar-refractivity contribution is 5.93. The molecule has 0 saturated carbocycles. The number of nitrogens with one attached hydrogen (secondary N) is 1. The predicted octanol–water partition coefficient (Wildman–Crippen LogP) is 2.28. The molecule has 3 rings (SSSR count). The number of aldehydes is 1. The summed E-state index contributed by atoms with van der Waals surface area (Å²) in [6.45, 7) is 1.35. The Morgan fingerprint density at radius 3 is 2.59 bits per heavy atom. The molecule has 0 unspecified atom stereocenters. The molecule has 1 amide bonds. The summed E-state index contributed by atoms with van der Waals surface area (Å²) in [5.41, 5.74) is 2.92. The van der Waals surface area contributed by atoms with Gasteiger partial charge >= 0.3 is 6.09 Å². The number of fused-ring (bicyclic) bond motifs is 3. The number of hydrogen-bond acceptors (Lipinski definition) is 6. The van der Waals surface area contributed by atoms with Crippen molar-refractivity contribution in [2.75, 3.05) is 34.5 Å². The van der Waals surface area contributed by atoms with E-state index >= 15 is 0 Å². The fraction of sp³-hybridized carbons (Fsp3) is 0.368. The van der Waals surface area contributed by atoms with Gasteiger partial charge in [-0.15, -0.1) is 0 Å². The first-order chi connectivity index (χ1) is 13.1. The zero-order chi connectivity index (χ0) is 19.4. The van der Waals surface area contributed by atoms with Gasteiger partial charge in [-0.05, 0) is 24.1 Å². The van der Waals surface area contributed by atoms with Gasteiger partial charge in [0, 0.05) is 32.0 Å². The van der Waals surface area contributed by atoms with Gasteiger partial charge in [0.2, 0.25) is 0 Å². The number of aromatic nitrogens is 1. The fourth-order valence-corrected chi connectivity index (χ4v) is 3.20. The number of methoxy groups -OCH3 is 3.